The molecule has 3 heterocycles. The molecule has 10 heteroatoms. The van der Waals surface area contributed by atoms with Crippen molar-refractivity contribution in [3.63, 3.8) is 0 Å². The highest BCUT2D eigenvalue weighted by molar-refractivity contribution is 5.94. The first kappa shape index (κ1) is 23.8. The summed E-state index contributed by atoms with van der Waals surface area (Å²) in [7, 11) is 0. The minimum atomic E-state index is -5.08. The van der Waals surface area contributed by atoms with E-state index in [1.165, 1.54) is 0 Å². The third-order valence-electron chi connectivity index (χ3n) is 5.05. The lowest BCUT2D eigenvalue weighted by atomic mass is 9.73. The van der Waals surface area contributed by atoms with Crippen LogP contribution in [0.2, 0.25) is 0 Å². The number of aliphatic carboxylic acids is 1. The summed E-state index contributed by atoms with van der Waals surface area (Å²) in [6, 6.07) is 3.62. The summed E-state index contributed by atoms with van der Waals surface area (Å²) in [4.78, 5) is 27.6. The summed E-state index contributed by atoms with van der Waals surface area (Å²) in [5, 5.41) is 7.12. The molecule has 2 aliphatic rings. The molecule has 2 fully saturated rings. The van der Waals surface area contributed by atoms with E-state index >= 15 is 0 Å². The predicted octanol–water partition coefficient (Wildman–Crippen LogP) is 2.93. The van der Waals surface area contributed by atoms with Crippen LogP contribution in [0, 0.1) is 5.41 Å². The molecule has 2 unspecified atom stereocenters. The molecule has 2 atom stereocenters. The maximum Gasteiger partial charge on any atom is 0.490 e. The van der Waals surface area contributed by atoms with Crippen LogP contribution in [0.25, 0.3) is 0 Å². The fraction of sp³-hybridized carbons (Fsp3) is 0.550. The molecule has 0 spiro atoms. The van der Waals surface area contributed by atoms with Crippen molar-refractivity contribution >= 4 is 11.9 Å². The largest absolute Gasteiger partial charge is 0.490 e. The van der Waals surface area contributed by atoms with Gasteiger partial charge in [-0.3, -0.25) is 9.78 Å². The summed E-state index contributed by atoms with van der Waals surface area (Å²) in [5.74, 6) is -2.71. The highest BCUT2D eigenvalue weighted by Crippen LogP contribution is 2.40. The molecule has 0 radical (unpaired) electrons. The van der Waals surface area contributed by atoms with E-state index in [0.29, 0.717) is 25.3 Å². The van der Waals surface area contributed by atoms with E-state index in [1.807, 2.05) is 11.0 Å². The minimum absolute atomic E-state index is 0.0465. The molecular formula is C20H25F3N2O5. The van der Waals surface area contributed by atoms with Crippen LogP contribution in [0.15, 0.2) is 37.2 Å². The molecule has 7 nitrogen and oxygen atoms in total. The third kappa shape index (κ3) is 6.27. The van der Waals surface area contributed by atoms with Crippen LogP contribution in [-0.4, -0.2) is 72.1 Å². The molecule has 2 saturated heterocycles. The molecule has 166 valence electrons. The lowest BCUT2D eigenvalue weighted by Crippen LogP contribution is -2.58. The van der Waals surface area contributed by atoms with E-state index < -0.39 is 12.1 Å². The number of carboxylic acid groups (broad SMARTS) is 1. The van der Waals surface area contributed by atoms with E-state index in [9.17, 15) is 18.0 Å². The molecule has 2 aliphatic heterocycles. The van der Waals surface area contributed by atoms with Crippen LogP contribution >= 0.6 is 0 Å². The topological polar surface area (TPSA) is 89.0 Å². The van der Waals surface area contributed by atoms with Crippen molar-refractivity contribution in [1.29, 1.82) is 0 Å². The maximum absolute atomic E-state index is 12.7. The number of amides is 1. The fourth-order valence-corrected chi connectivity index (χ4v) is 3.69. The molecular weight excluding hydrogens is 405 g/mol. The second-order valence-electron chi connectivity index (χ2n) is 7.19. The van der Waals surface area contributed by atoms with Gasteiger partial charge < -0.3 is 19.5 Å². The van der Waals surface area contributed by atoms with Gasteiger partial charge >= 0.3 is 12.1 Å². The number of pyridine rings is 1. The second kappa shape index (κ2) is 10.5. The number of aromatic nitrogens is 1. The molecule has 1 aromatic heterocycles. The molecule has 30 heavy (non-hydrogen) atoms. The lowest BCUT2D eigenvalue weighted by molar-refractivity contribution is -0.192. The number of piperidine rings is 1. The van der Waals surface area contributed by atoms with Crippen molar-refractivity contribution in [3.8, 4) is 0 Å². The standard InChI is InChI=1S/C18H24N2O3.C2HF3O2/c1-2-10-22-14-18-7-4-11-23-16(18)6-9-20(13-18)17(21)15-5-3-8-19-12-15;3-2(4,5)1(6)7/h2-3,5,8,12,16H,1,4,6-7,9-11,13-14H2;(H,6,7). The first-order valence-corrected chi connectivity index (χ1v) is 9.49. The van der Waals surface area contributed by atoms with Gasteiger partial charge in [0.2, 0.25) is 0 Å². The first-order chi connectivity index (χ1) is 14.2. The number of carbonyl (C=O) groups is 2. The second-order valence-corrected chi connectivity index (χ2v) is 7.19. The summed E-state index contributed by atoms with van der Waals surface area (Å²) in [6.07, 6.45) is 3.09. The van der Waals surface area contributed by atoms with Crippen molar-refractivity contribution in [2.45, 2.75) is 31.5 Å². The van der Waals surface area contributed by atoms with Gasteiger partial charge in [0.05, 0.1) is 24.9 Å². The Kier molecular flexibility index (Phi) is 8.36. The van der Waals surface area contributed by atoms with Gasteiger partial charge in [-0.2, -0.15) is 13.2 Å². The molecule has 3 rings (SSSR count). The molecule has 1 N–H and O–H groups in total. The highest BCUT2D eigenvalue weighted by Gasteiger charge is 2.47. The zero-order chi connectivity index (χ0) is 22.2. The molecule has 1 aromatic rings. The Bertz CT molecular complexity index is 729. The number of carboxylic acids is 1. The van der Waals surface area contributed by atoms with E-state index in [1.54, 1.807) is 24.5 Å². The van der Waals surface area contributed by atoms with Gasteiger partial charge in [0.1, 0.15) is 0 Å². The summed E-state index contributed by atoms with van der Waals surface area (Å²) in [5.41, 5.74) is 0.544. The molecule has 0 aromatic carbocycles. The van der Waals surface area contributed by atoms with E-state index in [-0.39, 0.29) is 17.4 Å². The number of rotatable bonds is 5. The Morgan fingerprint density at radius 3 is 2.80 bits per heavy atom. The maximum atomic E-state index is 12.7. The zero-order valence-corrected chi connectivity index (χ0v) is 16.4. The molecule has 0 saturated carbocycles. The van der Waals surface area contributed by atoms with Crippen LogP contribution < -0.4 is 0 Å². The summed E-state index contributed by atoms with van der Waals surface area (Å²) in [6.45, 7) is 7.06. The fourth-order valence-electron chi connectivity index (χ4n) is 3.69. The normalized spacial score (nSPS) is 23.6. The number of halogens is 3. The van der Waals surface area contributed by atoms with Crippen molar-refractivity contribution in [2.24, 2.45) is 5.41 Å². The lowest BCUT2D eigenvalue weighted by Gasteiger charge is -2.50. The number of likely N-dealkylation sites (tertiary alicyclic amines) is 1. The Labute approximate surface area is 172 Å². The van der Waals surface area contributed by atoms with Crippen LogP contribution in [0.5, 0.6) is 0 Å². The van der Waals surface area contributed by atoms with Crippen LogP contribution in [0.3, 0.4) is 0 Å². The Hall–Kier alpha value is -2.46. The van der Waals surface area contributed by atoms with Gasteiger partial charge in [-0.05, 0) is 31.4 Å². The van der Waals surface area contributed by atoms with E-state index in [0.717, 1.165) is 32.4 Å². The number of hydrogen-bond donors (Lipinski definition) is 1. The van der Waals surface area contributed by atoms with Gasteiger partial charge in [0, 0.05) is 37.5 Å². The number of alkyl halides is 3. The molecule has 1 amide bonds. The average Bonchev–Trinajstić information content (AvgIpc) is 2.73. The van der Waals surface area contributed by atoms with Crippen molar-refractivity contribution in [2.75, 3.05) is 32.9 Å². The van der Waals surface area contributed by atoms with Crippen LogP contribution in [0.4, 0.5) is 13.2 Å². The SMILES string of the molecule is C=CCOCC12CCCOC1CCN(C(=O)c1cccnc1)C2.O=C(O)C(F)(F)F. The number of hydrogen-bond acceptors (Lipinski definition) is 5. The van der Waals surface area contributed by atoms with Crippen molar-refractivity contribution in [3.05, 3.63) is 42.7 Å². The summed E-state index contributed by atoms with van der Waals surface area (Å²) < 4.78 is 43.5. The number of ether oxygens (including phenoxy) is 2. The number of carbonyl (C=O) groups excluding carboxylic acids is 1. The van der Waals surface area contributed by atoms with Gasteiger partial charge in [-0.15, -0.1) is 6.58 Å². The van der Waals surface area contributed by atoms with Gasteiger partial charge in [0.15, 0.2) is 0 Å². The molecule has 0 bridgehead atoms. The molecule has 0 aliphatic carbocycles. The summed E-state index contributed by atoms with van der Waals surface area (Å²) >= 11 is 0. The minimum Gasteiger partial charge on any atom is -0.475 e. The first-order valence-electron chi connectivity index (χ1n) is 9.49. The van der Waals surface area contributed by atoms with Crippen molar-refractivity contribution in [1.82, 2.24) is 9.88 Å². The van der Waals surface area contributed by atoms with Crippen LogP contribution in [0.1, 0.15) is 29.6 Å². The zero-order valence-electron chi connectivity index (χ0n) is 16.4. The van der Waals surface area contributed by atoms with Gasteiger partial charge in [0.25, 0.3) is 5.91 Å². The van der Waals surface area contributed by atoms with Crippen LogP contribution in [-0.2, 0) is 14.3 Å². The van der Waals surface area contributed by atoms with E-state index in [4.69, 9.17) is 19.4 Å². The Morgan fingerprint density at radius 2 is 2.20 bits per heavy atom. The smallest absolute Gasteiger partial charge is 0.475 e. The Balaban J connectivity index is 0.000000396. The Morgan fingerprint density at radius 1 is 1.47 bits per heavy atom. The quantitative estimate of drug-likeness (QED) is 0.571. The predicted molar refractivity (Wildman–Crippen MR) is 101 cm³/mol. The number of fused-ring (bicyclic) bond motifs is 1. The van der Waals surface area contributed by atoms with Gasteiger partial charge in [-0.25, -0.2) is 4.79 Å². The van der Waals surface area contributed by atoms with Crippen molar-refractivity contribution < 1.29 is 37.3 Å². The monoisotopic (exact) mass is 430 g/mol. The number of nitrogens with zero attached hydrogens (tertiary/aromatic N) is 2. The average molecular weight is 430 g/mol. The third-order valence-corrected chi connectivity index (χ3v) is 5.05. The van der Waals surface area contributed by atoms with E-state index in [2.05, 4.69) is 11.6 Å². The van der Waals surface area contributed by atoms with Gasteiger partial charge in [-0.1, -0.05) is 6.08 Å². The highest BCUT2D eigenvalue weighted by atomic mass is 19.4.